The largest absolute Gasteiger partial charge is 0.496 e. The Morgan fingerprint density at radius 1 is 1.25 bits per heavy atom. The monoisotopic (exact) mass is 298 g/mol. The number of aliphatic carboxylic acids is 1. The molecule has 0 fully saturated rings. The number of thioether (sulfide) groups is 1. The van der Waals surface area contributed by atoms with Crippen molar-refractivity contribution in [3.05, 3.63) is 24.3 Å². The van der Waals surface area contributed by atoms with Crippen molar-refractivity contribution >= 4 is 29.5 Å². The number of carbonyl (C=O) groups excluding carboxylic acids is 2. The van der Waals surface area contributed by atoms with Crippen molar-refractivity contribution in [2.45, 2.75) is 16.6 Å². The number of rotatable bonds is 7. The van der Waals surface area contributed by atoms with Crippen molar-refractivity contribution in [3.8, 4) is 5.75 Å². The van der Waals surface area contributed by atoms with Crippen molar-refractivity contribution < 1.29 is 29.0 Å². The normalized spacial score (nSPS) is 11.5. The number of hydrogen-bond donors (Lipinski definition) is 1. The molecule has 0 spiro atoms. The minimum absolute atomic E-state index is 0.440. The molecule has 0 aliphatic rings. The van der Waals surface area contributed by atoms with Gasteiger partial charge in [-0.15, -0.1) is 11.8 Å². The summed E-state index contributed by atoms with van der Waals surface area (Å²) in [7, 11) is 2.66. The lowest BCUT2D eigenvalue weighted by Gasteiger charge is -2.14. The fourth-order valence-corrected chi connectivity index (χ4v) is 2.59. The van der Waals surface area contributed by atoms with Gasteiger partial charge in [0.05, 0.1) is 19.1 Å². The highest BCUT2D eigenvalue weighted by Gasteiger charge is 2.27. The van der Waals surface area contributed by atoms with Crippen molar-refractivity contribution in [2.75, 3.05) is 14.2 Å². The van der Waals surface area contributed by atoms with Crippen molar-refractivity contribution in [3.63, 3.8) is 0 Å². The molecule has 1 aromatic rings. The van der Waals surface area contributed by atoms with Crippen LogP contribution in [0.15, 0.2) is 29.2 Å². The smallest absolute Gasteiger partial charge is 0.372 e. The van der Waals surface area contributed by atoms with E-state index in [0.29, 0.717) is 10.6 Å². The zero-order chi connectivity index (χ0) is 15.1. The fourth-order valence-electron chi connectivity index (χ4n) is 1.43. The Hall–Kier alpha value is -2.02. The Labute approximate surface area is 120 Å². The molecule has 0 saturated carbocycles. The standard InChI is InChI=1S/C13H14O6S/c1-18-9-5-3-4-6-10(9)20-11(13(17)19-2)7-8(14)12(15)16/h3-6,11H,7H2,1-2H3,(H,15,16). The van der Waals surface area contributed by atoms with E-state index in [0.717, 1.165) is 11.8 Å². The number of Topliss-reactive ketones (excluding diaryl/α,β-unsaturated/α-hetero) is 1. The van der Waals surface area contributed by atoms with Gasteiger partial charge in [-0.25, -0.2) is 4.79 Å². The van der Waals surface area contributed by atoms with Crippen molar-refractivity contribution in [1.82, 2.24) is 0 Å². The first-order chi connectivity index (χ1) is 9.49. The highest BCUT2D eigenvalue weighted by atomic mass is 32.2. The Kier molecular flexibility index (Phi) is 6.05. The van der Waals surface area contributed by atoms with Gasteiger partial charge in [-0.1, -0.05) is 12.1 Å². The molecule has 0 saturated heterocycles. The lowest BCUT2D eigenvalue weighted by molar-refractivity contribution is -0.150. The maximum atomic E-state index is 11.6. The number of benzene rings is 1. The average Bonchev–Trinajstić information content (AvgIpc) is 2.45. The molecule has 0 bridgehead atoms. The number of carboxylic acids is 1. The Bertz CT molecular complexity index is 513. The predicted molar refractivity (Wildman–Crippen MR) is 71.9 cm³/mol. The molecule has 1 aromatic carbocycles. The topological polar surface area (TPSA) is 89.9 Å². The van der Waals surface area contributed by atoms with Gasteiger partial charge in [-0.2, -0.15) is 0 Å². The maximum absolute atomic E-state index is 11.6. The molecule has 7 heteroatoms. The van der Waals surface area contributed by atoms with Crippen LogP contribution in [0.2, 0.25) is 0 Å². The zero-order valence-electron chi connectivity index (χ0n) is 11.0. The second-order valence-electron chi connectivity index (χ2n) is 3.71. The van der Waals surface area contributed by atoms with Crippen LogP contribution in [0, 0.1) is 0 Å². The van der Waals surface area contributed by atoms with E-state index in [1.807, 2.05) is 0 Å². The molecule has 0 aliphatic heterocycles. The lowest BCUT2D eigenvalue weighted by Crippen LogP contribution is -2.26. The minimum atomic E-state index is -1.57. The van der Waals surface area contributed by atoms with E-state index >= 15 is 0 Å². The molecule has 0 heterocycles. The molecule has 0 aromatic heterocycles. The highest BCUT2D eigenvalue weighted by Crippen LogP contribution is 2.33. The predicted octanol–water partition coefficient (Wildman–Crippen LogP) is 1.37. The molecular weight excluding hydrogens is 284 g/mol. The van der Waals surface area contributed by atoms with Gasteiger partial charge in [0.25, 0.3) is 0 Å². The average molecular weight is 298 g/mol. The first kappa shape index (κ1) is 16.0. The van der Waals surface area contributed by atoms with Crippen LogP contribution < -0.4 is 4.74 Å². The van der Waals surface area contributed by atoms with Crippen molar-refractivity contribution in [2.24, 2.45) is 0 Å². The summed E-state index contributed by atoms with van der Waals surface area (Å²) in [5.41, 5.74) is 0. The first-order valence-electron chi connectivity index (χ1n) is 5.63. The molecule has 20 heavy (non-hydrogen) atoms. The third-order valence-electron chi connectivity index (χ3n) is 2.41. The van der Waals surface area contributed by atoms with Gasteiger partial charge < -0.3 is 14.6 Å². The van der Waals surface area contributed by atoms with Gasteiger partial charge in [0.1, 0.15) is 11.0 Å². The summed E-state index contributed by atoms with van der Waals surface area (Å²) < 4.78 is 9.73. The summed E-state index contributed by atoms with van der Waals surface area (Å²) in [5.74, 6) is -2.73. The van der Waals surface area contributed by atoms with E-state index in [-0.39, 0.29) is 0 Å². The lowest BCUT2D eigenvalue weighted by atomic mass is 10.2. The molecule has 108 valence electrons. The molecule has 0 aliphatic carbocycles. The van der Waals surface area contributed by atoms with Gasteiger partial charge in [0.15, 0.2) is 0 Å². The number of ketones is 1. The van der Waals surface area contributed by atoms with E-state index < -0.39 is 29.4 Å². The highest BCUT2D eigenvalue weighted by molar-refractivity contribution is 8.00. The molecule has 1 atom stereocenters. The Balaban J connectivity index is 2.92. The first-order valence-corrected chi connectivity index (χ1v) is 6.51. The number of carboxylic acid groups (broad SMARTS) is 1. The quantitative estimate of drug-likeness (QED) is 0.462. The third-order valence-corrected chi connectivity index (χ3v) is 3.65. The number of hydrogen-bond acceptors (Lipinski definition) is 6. The van der Waals surface area contributed by atoms with Crippen LogP contribution >= 0.6 is 11.8 Å². The summed E-state index contributed by atoms with van der Waals surface area (Å²) >= 11 is 1.03. The second-order valence-corrected chi connectivity index (χ2v) is 4.96. The minimum Gasteiger partial charge on any atom is -0.496 e. The number of ether oxygens (including phenoxy) is 2. The SMILES string of the molecule is COC(=O)C(CC(=O)C(=O)O)Sc1ccccc1OC. The maximum Gasteiger partial charge on any atom is 0.372 e. The zero-order valence-corrected chi connectivity index (χ0v) is 11.8. The summed E-state index contributed by atoms with van der Waals surface area (Å²) in [6, 6.07) is 6.93. The summed E-state index contributed by atoms with van der Waals surface area (Å²) in [4.78, 5) is 34.1. The summed E-state index contributed by atoms with van der Waals surface area (Å²) in [6.07, 6.45) is -0.440. The van der Waals surface area contributed by atoms with Crippen LogP contribution in [0.4, 0.5) is 0 Å². The number of esters is 1. The van der Waals surface area contributed by atoms with Gasteiger partial charge in [-0.05, 0) is 12.1 Å². The van der Waals surface area contributed by atoms with E-state index in [1.54, 1.807) is 24.3 Å². The molecule has 1 rings (SSSR count). The van der Waals surface area contributed by atoms with Crippen LogP contribution in [0.1, 0.15) is 6.42 Å². The van der Waals surface area contributed by atoms with E-state index in [2.05, 4.69) is 4.74 Å². The van der Waals surface area contributed by atoms with Crippen LogP contribution in [-0.2, 0) is 19.1 Å². The third kappa shape index (κ3) is 4.27. The summed E-state index contributed by atoms with van der Waals surface area (Å²) in [6.45, 7) is 0. The van der Waals surface area contributed by atoms with E-state index in [4.69, 9.17) is 9.84 Å². The van der Waals surface area contributed by atoms with E-state index in [1.165, 1.54) is 14.2 Å². The molecule has 1 N–H and O–H groups in total. The van der Waals surface area contributed by atoms with Gasteiger partial charge in [0.2, 0.25) is 5.78 Å². The number of para-hydroxylation sites is 1. The van der Waals surface area contributed by atoms with Crippen LogP contribution in [0.5, 0.6) is 5.75 Å². The van der Waals surface area contributed by atoms with Gasteiger partial charge >= 0.3 is 11.9 Å². The second kappa shape index (κ2) is 7.54. The molecular formula is C13H14O6S. The number of carbonyl (C=O) groups is 3. The fraction of sp³-hybridized carbons (Fsp3) is 0.308. The van der Waals surface area contributed by atoms with Crippen LogP contribution in [0.3, 0.4) is 0 Å². The number of methoxy groups -OCH3 is 2. The van der Waals surface area contributed by atoms with E-state index in [9.17, 15) is 14.4 Å². The molecule has 1 unspecified atom stereocenters. The van der Waals surface area contributed by atoms with Crippen molar-refractivity contribution in [1.29, 1.82) is 0 Å². The van der Waals surface area contributed by atoms with Gasteiger partial charge in [-0.3, -0.25) is 9.59 Å². The molecule has 0 radical (unpaired) electrons. The molecule has 6 nitrogen and oxygen atoms in total. The van der Waals surface area contributed by atoms with Gasteiger partial charge in [0, 0.05) is 6.42 Å². The molecule has 0 amide bonds. The van der Waals surface area contributed by atoms with Crippen LogP contribution in [-0.4, -0.2) is 42.3 Å². The Morgan fingerprint density at radius 2 is 1.90 bits per heavy atom. The summed E-state index contributed by atoms with van der Waals surface area (Å²) in [5, 5.41) is 7.69. The Morgan fingerprint density at radius 3 is 2.45 bits per heavy atom. The van der Waals surface area contributed by atoms with Crippen LogP contribution in [0.25, 0.3) is 0 Å².